The van der Waals surface area contributed by atoms with Gasteiger partial charge in [-0.3, -0.25) is 9.59 Å². The number of nitrogens with one attached hydrogen (secondary N) is 4. The Bertz CT molecular complexity index is 1120. The first kappa shape index (κ1) is 23.3. The van der Waals surface area contributed by atoms with Crippen molar-refractivity contribution in [2.75, 3.05) is 17.2 Å². The molecule has 0 unspecified atom stereocenters. The number of carbonyl (C=O) groups is 3. The number of rotatable bonds is 9. The summed E-state index contributed by atoms with van der Waals surface area (Å²) in [5.41, 5.74) is 3.21. The van der Waals surface area contributed by atoms with E-state index in [1.54, 1.807) is 36.4 Å². The van der Waals surface area contributed by atoms with Gasteiger partial charge in [-0.2, -0.15) is 0 Å². The van der Waals surface area contributed by atoms with E-state index in [-0.39, 0.29) is 30.8 Å². The zero-order chi connectivity index (χ0) is 23.5. The summed E-state index contributed by atoms with van der Waals surface area (Å²) in [5.74, 6) is 0.0787. The molecule has 0 atom stereocenters. The molecule has 4 N–H and O–H groups in total. The molecule has 1 aromatic heterocycles. The molecule has 1 heterocycles. The van der Waals surface area contributed by atoms with E-state index in [1.165, 1.54) is 12.3 Å². The van der Waals surface area contributed by atoms with Gasteiger partial charge in [-0.05, 0) is 60.5 Å². The summed E-state index contributed by atoms with van der Waals surface area (Å²) in [6.07, 6.45) is 4.58. The lowest BCUT2D eigenvalue weighted by Crippen LogP contribution is -2.29. The summed E-state index contributed by atoms with van der Waals surface area (Å²) in [7, 11) is 0. The standard InChI is InChI=1S/C25H26N4O4/c1-18-5-2-7-20(15-18)28-25(32)29-21-8-3-6-19(16-21)17-27-24(31)12-13-26-23(30)11-10-22-9-4-14-33-22/h2-11,14-16H,12-13,17H2,1H3,(H,26,30)(H,27,31)(H2,28,29,32). The minimum atomic E-state index is -0.348. The first-order valence-corrected chi connectivity index (χ1v) is 10.5. The Morgan fingerprint density at radius 3 is 2.39 bits per heavy atom. The molecule has 0 aliphatic heterocycles. The predicted octanol–water partition coefficient (Wildman–Crippen LogP) is 4.07. The number of amides is 4. The van der Waals surface area contributed by atoms with Gasteiger partial charge in [-0.15, -0.1) is 0 Å². The fourth-order valence-corrected chi connectivity index (χ4v) is 2.97. The average Bonchev–Trinajstić information content (AvgIpc) is 3.30. The molecular formula is C25H26N4O4. The van der Waals surface area contributed by atoms with E-state index in [2.05, 4.69) is 21.3 Å². The fraction of sp³-hybridized carbons (Fsp3) is 0.160. The highest BCUT2D eigenvalue weighted by atomic mass is 16.3. The van der Waals surface area contributed by atoms with Gasteiger partial charge < -0.3 is 25.7 Å². The molecule has 33 heavy (non-hydrogen) atoms. The van der Waals surface area contributed by atoms with Crippen LogP contribution in [0.3, 0.4) is 0 Å². The van der Waals surface area contributed by atoms with Crippen LogP contribution in [-0.2, 0) is 16.1 Å². The number of urea groups is 1. The van der Waals surface area contributed by atoms with Gasteiger partial charge in [-0.1, -0.05) is 24.3 Å². The van der Waals surface area contributed by atoms with Gasteiger partial charge in [0.2, 0.25) is 11.8 Å². The lowest BCUT2D eigenvalue weighted by atomic mass is 10.2. The van der Waals surface area contributed by atoms with Gasteiger partial charge in [0.05, 0.1) is 6.26 Å². The summed E-state index contributed by atoms with van der Waals surface area (Å²) in [5, 5.41) is 11.0. The van der Waals surface area contributed by atoms with Gasteiger partial charge in [0, 0.05) is 37.0 Å². The number of anilines is 2. The van der Waals surface area contributed by atoms with Crippen molar-refractivity contribution in [3.05, 3.63) is 89.9 Å². The molecule has 3 rings (SSSR count). The van der Waals surface area contributed by atoms with E-state index < -0.39 is 0 Å². The van der Waals surface area contributed by atoms with Crippen molar-refractivity contribution < 1.29 is 18.8 Å². The minimum absolute atomic E-state index is 0.150. The SMILES string of the molecule is Cc1cccc(NC(=O)Nc2cccc(CNC(=O)CCNC(=O)C=Cc3ccco3)c2)c1. The van der Waals surface area contributed by atoms with Gasteiger partial charge >= 0.3 is 6.03 Å². The lowest BCUT2D eigenvalue weighted by Gasteiger charge is -2.10. The molecule has 8 nitrogen and oxygen atoms in total. The van der Waals surface area contributed by atoms with Crippen LogP contribution in [0.4, 0.5) is 16.2 Å². The van der Waals surface area contributed by atoms with Crippen LogP contribution >= 0.6 is 0 Å². The van der Waals surface area contributed by atoms with Crippen LogP contribution in [0, 0.1) is 6.92 Å². The molecule has 3 aromatic rings. The van der Waals surface area contributed by atoms with Gasteiger partial charge in [0.25, 0.3) is 0 Å². The largest absolute Gasteiger partial charge is 0.465 e. The van der Waals surface area contributed by atoms with E-state index in [4.69, 9.17) is 4.42 Å². The maximum absolute atomic E-state index is 12.2. The minimum Gasteiger partial charge on any atom is -0.465 e. The van der Waals surface area contributed by atoms with Crippen molar-refractivity contribution in [2.24, 2.45) is 0 Å². The molecular weight excluding hydrogens is 420 g/mol. The van der Waals surface area contributed by atoms with Crippen molar-refractivity contribution >= 4 is 35.3 Å². The van der Waals surface area contributed by atoms with Crippen molar-refractivity contribution in [1.82, 2.24) is 10.6 Å². The molecule has 0 fully saturated rings. The number of benzene rings is 2. The summed E-state index contributed by atoms with van der Waals surface area (Å²) < 4.78 is 5.10. The molecule has 0 spiro atoms. The Morgan fingerprint density at radius 1 is 0.909 bits per heavy atom. The van der Waals surface area contributed by atoms with Crippen LogP contribution in [0.5, 0.6) is 0 Å². The average molecular weight is 447 g/mol. The Kier molecular flexibility index (Phi) is 8.41. The highest BCUT2D eigenvalue weighted by molar-refractivity contribution is 5.99. The normalized spacial score (nSPS) is 10.6. The molecule has 0 bridgehead atoms. The molecule has 2 aromatic carbocycles. The monoisotopic (exact) mass is 446 g/mol. The van der Waals surface area contributed by atoms with E-state index in [0.717, 1.165) is 11.1 Å². The van der Waals surface area contributed by atoms with E-state index in [9.17, 15) is 14.4 Å². The predicted molar refractivity (Wildman–Crippen MR) is 127 cm³/mol. The topological polar surface area (TPSA) is 112 Å². The van der Waals surface area contributed by atoms with Gasteiger partial charge in [-0.25, -0.2) is 4.79 Å². The smallest absolute Gasteiger partial charge is 0.323 e. The molecule has 0 aliphatic carbocycles. The van der Waals surface area contributed by atoms with E-state index in [0.29, 0.717) is 23.7 Å². The lowest BCUT2D eigenvalue weighted by molar-refractivity contribution is -0.121. The first-order valence-electron chi connectivity index (χ1n) is 10.5. The Labute approximate surface area is 192 Å². The quantitative estimate of drug-likeness (QED) is 0.371. The third-order valence-corrected chi connectivity index (χ3v) is 4.54. The second-order valence-electron chi connectivity index (χ2n) is 7.32. The third-order valence-electron chi connectivity index (χ3n) is 4.54. The second kappa shape index (κ2) is 11.9. The van der Waals surface area contributed by atoms with Crippen LogP contribution < -0.4 is 21.3 Å². The van der Waals surface area contributed by atoms with Crippen LogP contribution in [0.15, 0.2) is 77.4 Å². The van der Waals surface area contributed by atoms with Crippen molar-refractivity contribution in [2.45, 2.75) is 19.9 Å². The number of hydrogen-bond donors (Lipinski definition) is 4. The third kappa shape index (κ3) is 8.37. The molecule has 0 saturated heterocycles. The van der Waals surface area contributed by atoms with Gasteiger partial charge in [0.15, 0.2) is 0 Å². The number of hydrogen-bond acceptors (Lipinski definition) is 4. The number of furan rings is 1. The molecule has 0 saturated carbocycles. The zero-order valence-corrected chi connectivity index (χ0v) is 18.3. The number of aryl methyl sites for hydroxylation is 1. The second-order valence-corrected chi connectivity index (χ2v) is 7.32. The van der Waals surface area contributed by atoms with Crippen LogP contribution in [-0.4, -0.2) is 24.4 Å². The summed E-state index contributed by atoms with van der Waals surface area (Å²) >= 11 is 0. The van der Waals surface area contributed by atoms with Gasteiger partial charge in [0.1, 0.15) is 5.76 Å². The fourth-order valence-electron chi connectivity index (χ4n) is 2.97. The molecule has 0 aliphatic rings. The summed E-state index contributed by atoms with van der Waals surface area (Å²) in [6.45, 7) is 2.47. The van der Waals surface area contributed by atoms with E-state index in [1.807, 2.05) is 37.3 Å². The Morgan fingerprint density at radius 2 is 1.67 bits per heavy atom. The van der Waals surface area contributed by atoms with E-state index >= 15 is 0 Å². The highest BCUT2D eigenvalue weighted by Crippen LogP contribution is 2.13. The molecule has 170 valence electrons. The highest BCUT2D eigenvalue weighted by Gasteiger charge is 2.06. The maximum Gasteiger partial charge on any atom is 0.323 e. The van der Waals surface area contributed by atoms with Crippen molar-refractivity contribution in [1.29, 1.82) is 0 Å². The molecule has 4 amide bonds. The van der Waals surface area contributed by atoms with Crippen LogP contribution in [0.2, 0.25) is 0 Å². The number of carbonyl (C=O) groups excluding carboxylic acids is 3. The summed E-state index contributed by atoms with van der Waals surface area (Å²) in [6, 6.07) is 17.8. The zero-order valence-electron chi connectivity index (χ0n) is 18.3. The summed E-state index contributed by atoms with van der Waals surface area (Å²) in [4.78, 5) is 36.0. The molecule has 8 heteroatoms. The van der Waals surface area contributed by atoms with Crippen LogP contribution in [0.25, 0.3) is 6.08 Å². The molecule has 0 radical (unpaired) electrons. The maximum atomic E-state index is 12.2. The van der Waals surface area contributed by atoms with Crippen molar-refractivity contribution in [3.8, 4) is 0 Å². The Balaban J connectivity index is 1.38. The van der Waals surface area contributed by atoms with Crippen LogP contribution in [0.1, 0.15) is 23.3 Å². The van der Waals surface area contributed by atoms with Crippen molar-refractivity contribution in [3.63, 3.8) is 0 Å². The Hall–Kier alpha value is -4.33. The first-order chi connectivity index (χ1) is 16.0.